The molecule has 6 heteroatoms. The summed E-state index contributed by atoms with van der Waals surface area (Å²) in [5.74, 6) is -1.04. The Kier molecular flexibility index (Phi) is 5.77. The van der Waals surface area contributed by atoms with E-state index in [0.29, 0.717) is 5.75 Å². The highest BCUT2D eigenvalue weighted by Crippen LogP contribution is 2.21. The van der Waals surface area contributed by atoms with E-state index in [2.05, 4.69) is 20.7 Å². The SMILES string of the molecule is CCOC(=O)CC(=O)COc1ccc(F)c(Br)c1. The van der Waals surface area contributed by atoms with Crippen LogP contribution in [0.25, 0.3) is 0 Å². The molecule has 0 radical (unpaired) electrons. The Bertz CT molecular complexity index is 448. The lowest BCUT2D eigenvalue weighted by molar-refractivity contribution is -0.145. The predicted octanol–water partition coefficient (Wildman–Crippen LogP) is 2.49. The van der Waals surface area contributed by atoms with E-state index in [-0.39, 0.29) is 24.1 Å². The minimum Gasteiger partial charge on any atom is -0.486 e. The predicted molar refractivity (Wildman–Crippen MR) is 65.9 cm³/mol. The molecule has 0 fully saturated rings. The molecule has 4 nitrogen and oxygen atoms in total. The lowest BCUT2D eigenvalue weighted by atomic mass is 10.3. The molecule has 1 aromatic carbocycles. The minimum absolute atomic E-state index is 0.234. The first-order valence-electron chi connectivity index (χ1n) is 5.28. The summed E-state index contributed by atoms with van der Waals surface area (Å²) in [6.07, 6.45) is -0.323. The second kappa shape index (κ2) is 7.10. The lowest BCUT2D eigenvalue weighted by Crippen LogP contribution is -2.17. The minimum atomic E-state index is -0.577. The topological polar surface area (TPSA) is 52.6 Å². The van der Waals surface area contributed by atoms with Crippen LogP contribution in [-0.2, 0) is 14.3 Å². The van der Waals surface area contributed by atoms with Crippen LogP contribution in [0, 0.1) is 5.82 Å². The summed E-state index contributed by atoms with van der Waals surface area (Å²) in [7, 11) is 0. The summed E-state index contributed by atoms with van der Waals surface area (Å²) >= 11 is 3.00. The van der Waals surface area contributed by atoms with Crippen LogP contribution in [0.3, 0.4) is 0 Å². The molecule has 1 aromatic rings. The Morgan fingerprint density at radius 1 is 1.39 bits per heavy atom. The van der Waals surface area contributed by atoms with Crippen LogP contribution in [0.1, 0.15) is 13.3 Å². The Hall–Kier alpha value is -1.43. The van der Waals surface area contributed by atoms with Gasteiger partial charge >= 0.3 is 5.97 Å². The monoisotopic (exact) mass is 318 g/mol. The van der Waals surface area contributed by atoms with Crippen molar-refractivity contribution in [3.05, 3.63) is 28.5 Å². The van der Waals surface area contributed by atoms with Crippen molar-refractivity contribution in [2.45, 2.75) is 13.3 Å². The van der Waals surface area contributed by atoms with E-state index >= 15 is 0 Å². The Balaban J connectivity index is 2.42. The van der Waals surface area contributed by atoms with Gasteiger partial charge in [-0.2, -0.15) is 0 Å². The summed E-state index contributed by atoms with van der Waals surface area (Å²) in [6.45, 7) is 1.64. The van der Waals surface area contributed by atoms with Gasteiger partial charge in [0.1, 0.15) is 24.6 Å². The molecule has 0 aliphatic heterocycles. The molecule has 0 heterocycles. The van der Waals surface area contributed by atoms with Crippen LogP contribution < -0.4 is 4.74 Å². The van der Waals surface area contributed by atoms with Crippen molar-refractivity contribution in [1.29, 1.82) is 0 Å². The van der Waals surface area contributed by atoms with Crippen LogP contribution in [0.15, 0.2) is 22.7 Å². The molecule has 0 aliphatic carbocycles. The molecule has 0 bridgehead atoms. The maximum absolute atomic E-state index is 12.9. The van der Waals surface area contributed by atoms with Gasteiger partial charge in [-0.05, 0) is 41.1 Å². The van der Waals surface area contributed by atoms with Crippen molar-refractivity contribution in [3.63, 3.8) is 0 Å². The van der Waals surface area contributed by atoms with E-state index < -0.39 is 17.6 Å². The van der Waals surface area contributed by atoms with Crippen molar-refractivity contribution in [3.8, 4) is 5.75 Å². The smallest absolute Gasteiger partial charge is 0.313 e. The maximum atomic E-state index is 12.9. The largest absolute Gasteiger partial charge is 0.486 e. The highest BCUT2D eigenvalue weighted by molar-refractivity contribution is 9.10. The molecular formula is C12H12BrFO4. The molecule has 0 aliphatic rings. The summed E-state index contributed by atoms with van der Waals surface area (Å²) < 4.78 is 22.9. The number of Topliss-reactive ketones (excluding diaryl/α,β-unsaturated/α-hetero) is 1. The number of hydrogen-bond donors (Lipinski definition) is 0. The fourth-order valence-corrected chi connectivity index (χ4v) is 1.51. The van der Waals surface area contributed by atoms with E-state index in [4.69, 9.17) is 4.74 Å². The highest BCUT2D eigenvalue weighted by atomic mass is 79.9. The molecule has 0 saturated carbocycles. The van der Waals surface area contributed by atoms with Crippen LogP contribution in [0.4, 0.5) is 4.39 Å². The van der Waals surface area contributed by atoms with Gasteiger partial charge in [-0.3, -0.25) is 9.59 Å². The molecule has 0 atom stereocenters. The average molecular weight is 319 g/mol. The van der Waals surface area contributed by atoms with Crippen molar-refractivity contribution in [1.82, 2.24) is 0 Å². The van der Waals surface area contributed by atoms with Crippen molar-refractivity contribution in [2.75, 3.05) is 13.2 Å². The standard InChI is InChI=1S/C12H12BrFO4/c1-2-17-12(16)5-8(15)7-18-9-3-4-11(14)10(13)6-9/h3-4,6H,2,5,7H2,1H3. The van der Waals surface area contributed by atoms with E-state index in [1.54, 1.807) is 6.92 Å². The number of esters is 1. The van der Waals surface area contributed by atoms with Crippen LogP contribution in [0.2, 0.25) is 0 Å². The van der Waals surface area contributed by atoms with Gasteiger partial charge in [0, 0.05) is 0 Å². The Morgan fingerprint density at radius 2 is 2.11 bits per heavy atom. The first kappa shape index (κ1) is 14.6. The van der Waals surface area contributed by atoms with E-state index in [9.17, 15) is 14.0 Å². The molecule has 0 aromatic heterocycles. The van der Waals surface area contributed by atoms with Crippen LogP contribution >= 0.6 is 15.9 Å². The maximum Gasteiger partial charge on any atom is 0.313 e. The lowest BCUT2D eigenvalue weighted by Gasteiger charge is -2.06. The quantitative estimate of drug-likeness (QED) is 0.597. The third-order valence-electron chi connectivity index (χ3n) is 1.94. The van der Waals surface area contributed by atoms with Crippen LogP contribution in [-0.4, -0.2) is 25.0 Å². The van der Waals surface area contributed by atoms with Crippen LogP contribution in [0.5, 0.6) is 5.75 Å². The third-order valence-corrected chi connectivity index (χ3v) is 2.55. The Morgan fingerprint density at radius 3 is 2.72 bits per heavy atom. The zero-order valence-electron chi connectivity index (χ0n) is 9.74. The van der Waals surface area contributed by atoms with Gasteiger partial charge in [-0.1, -0.05) is 0 Å². The number of halogens is 2. The molecular weight excluding hydrogens is 307 g/mol. The summed E-state index contributed by atoms with van der Waals surface area (Å²) in [5.41, 5.74) is 0. The zero-order valence-corrected chi connectivity index (χ0v) is 11.3. The van der Waals surface area contributed by atoms with Gasteiger partial charge in [0.15, 0.2) is 5.78 Å². The van der Waals surface area contributed by atoms with Gasteiger partial charge in [0.2, 0.25) is 0 Å². The van der Waals surface area contributed by atoms with Gasteiger partial charge in [0.25, 0.3) is 0 Å². The molecule has 18 heavy (non-hydrogen) atoms. The first-order chi connectivity index (χ1) is 8.52. The molecule has 0 unspecified atom stereocenters. The van der Waals surface area contributed by atoms with Gasteiger partial charge < -0.3 is 9.47 Å². The highest BCUT2D eigenvalue weighted by Gasteiger charge is 2.11. The molecule has 0 saturated heterocycles. The zero-order chi connectivity index (χ0) is 13.5. The number of carbonyl (C=O) groups is 2. The molecule has 0 spiro atoms. The van der Waals surface area contributed by atoms with Gasteiger partial charge in [-0.25, -0.2) is 4.39 Å². The molecule has 0 amide bonds. The van der Waals surface area contributed by atoms with E-state index in [1.807, 2.05) is 0 Å². The summed E-state index contributed by atoms with van der Waals surface area (Å²) in [5, 5.41) is 0. The number of ketones is 1. The fourth-order valence-electron chi connectivity index (χ4n) is 1.15. The number of benzene rings is 1. The molecule has 1 rings (SSSR count). The number of hydrogen-bond acceptors (Lipinski definition) is 4. The second-order valence-electron chi connectivity index (χ2n) is 3.39. The summed E-state index contributed by atoms with van der Waals surface area (Å²) in [6, 6.07) is 4.03. The second-order valence-corrected chi connectivity index (χ2v) is 4.24. The number of carbonyl (C=O) groups excluding carboxylic acids is 2. The summed E-state index contributed by atoms with van der Waals surface area (Å²) in [4.78, 5) is 22.3. The average Bonchev–Trinajstić information content (AvgIpc) is 2.31. The molecule has 98 valence electrons. The third kappa shape index (κ3) is 4.83. The fraction of sp³-hybridized carbons (Fsp3) is 0.333. The van der Waals surface area contributed by atoms with E-state index in [0.717, 1.165) is 0 Å². The van der Waals surface area contributed by atoms with Crippen molar-refractivity contribution in [2.24, 2.45) is 0 Å². The van der Waals surface area contributed by atoms with E-state index in [1.165, 1.54) is 18.2 Å². The molecule has 0 N–H and O–H groups in total. The van der Waals surface area contributed by atoms with Gasteiger partial charge in [-0.15, -0.1) is 0 Å². The van der Waals surface area contributed by atoms with Gasteiger partial charge in [0.05, 0.1) is 11.1 Å². The number of ether oxygens (including phenoxy) is 2. The number of rotatable bonds is 6. The van der Waals surface area contributed by atoms with Crippen molar-refractivity contribution >= 4 is 27.7 Å². The van der Waals surface area contributed by atoms with Crippen molar-refractivity contribution < 1.29 is 23.5 Å². The first-order valence-corrected chi connectivity index (χ1v) is 6.07. The Labute approximate surface area is 112 Å². The normalized spacial score (nSPS) is 9.94.